The van der Waals surface area contributed by atoms with Crippen LogP contribution in [0.5, 0.6) is 5.75 Å². The molecule has 0 amide bonds. The van der Waals surface area contributed by atoms with E-state index in [1.165, 1.54) is 18.4 Å². The minimum Gasteiger partial charge on any atom is -0.497 e. The van der Waals surface area contributed by atoms with Crippen molar-refractivity contribution in [2.45, 2.75) is 45.3 Å². The van der Waals surface area contributed by atoms with E-state index in [4.69, 9.17) is 9.72 Å². The zero-order valence-corrected chi connectivity index (χ0v) is 11.8. The van der Waals surface area contributed by atoms with Crippen molar-refractivity contribution in [3.63, 3.8) is 0 Å². The number of nitrogens with one attached hydrogen (secondary N) is 1. The number of methoxy groups -OCH3 is 1. The minimum absolute atomic E-state index is 0.474. The van der Waals surface area contributed by atoms with E-state index in [0.29, 0.717) is 12.1 Å². The molecule has 0 spiro atoms. The van der Waals surface area contributed by atoms with Crippen LogP contribution in [0.1, 0.15) is 38.6 Å². The molecule has 4 nitrogen and oxygen atoms in total. The summed E-state index contributed by atoms with van der Waals surface area (Å²) in [6, 6.07) is 7.28. The summed E-state index contributed by atoms with van der Waals surface area (Å²) in [4.78, 5) is 4.77. The molecule has 0 aliphatic heterocycles. The van der Waals surface area contributed by atoms with Crippen LogP contribution >= 0.6 is 0 Å². The number of fused-ring (bicyclic) bond motifs is 1. The number of nitrogens with zero attached hydrogens (tertiary/aromatic N) is 2. The molecule has 0 saturated heterocycles. The molecule has 1 aliphatic carbocycles. The lowest BCUT2D eigenvalue weighted by molar-refractivity contribution is 0.415. The predicted octanol–water partition coefficient (Wildman–Crippen LogP) is 2.88. The second-order valence-electron chi connectivity index (χ2n) is 5.52. The topological polar surface area (TPSA) is 39.1 Å². The molecule has 0 bridgehead atoms. The fourth-order valence-corrected chi connectivity index (χ4v) is 2.42. The average molecular weight is 259 g/mol. The Hall–Kier alpha value is -1.55. The highest BCUT2D eigenvalue weighted by Crippen LogP contribution is 2.39. The zero-order chi connectivity index (χ0) is 13.4. The van der Waals surface area contributed by atoms with Crippen molar-refractivity contribution in [3.8, 4) is 5.75 Å². The summed E-state index contributed by atoms with van der Waals surface area (Å²) in [6.07, 6.45) is 2.54. The van der Waals surface area contributed by atoms with E-state index in [0.717, 1.165) is 23.6 Å². The van der Waals surface area contributed by atoms with Gasteiger partial charge in [-0.1, -0.05) is 13.8 Å². The maximum Gasteiger partial charge on any atom is 0.124 e. The van der Waals surface area contributed by atoms with Crippen LogP contribution in [-0.4, -0.2) is 22.7 Å². The number of hydrogen-bond donors (Lipinski definition) is 1. The van der Waals surface area contributed by atoms with Crippen LogP contribution in [0.2, 0.25) is 0 Å². The van der Waals surface area contributed by atoms with Crippen molar-refractivity contribution in [1.29, 1.82) is 0 Å². The predicted molar refractivity (Wildman–Crippen MR) is 76.5 cm³/mol. The maximum atomic E-state index is 5.28. The standard InChI is InChI=1S/C15H21N3O/c1-10(2)16-9-15-17-13-8-12(19-3)6-7-14(13)18(15)11-4-5-11/h6-8,10-11,16H,4-5,9H2,1-3H3. The van der Waals surface area contributed by atoms with E-state index in [1.807, 2.05) is 12.1 Å². The van der Waals surface area contributed by atoms with Crippen molar-refractivity contribution < 1.29 is 4.74 Å². The summed E-state index contributed by atoms with van der Waals surface area (Å²) >= 11 is 0. The van der Waals surface area contributed by atoms with Gasteiger partial charge >= 0.3 is 0 Å². The normalized spacial score (nSPS) is 15.4. The van der Waals surface area contributed by atoms with E-state index in [1.54, 1.807) is 7.11 Å². The van der Waals surface area contributed by atoms with E-state index >= 15 is 0 Å². The Balaban J connectivity index is 2.01. The third kappa shape index (κ3) is 2.45. The lowest BCUT2D eigenvalue weighted by Crippen LogP contribution is -2.23. The van der Waals surface area contributed by atoms with Crippen LogP contribution in [0.4, 0.5) is 0 Å². The SMILES string of the molecule is COc1ccc2c(c1)nc(CNC(C)C)n2C1CC1. The largest absolute Gasteiger partial charge is 0.497 e. The second kappa shape index (κ2) is 4.85. The number of imidazole rings is 1. The molecular formula is C15H21N3O. The van der Waals surface area contributed by atoms with Crippen molar-refractivity contribution in [2.24, 2.45) is 0 Å². The van der Waals surface area contributed by atoms with Gasteiger partial charge in [-0.25, -0.2) is 4.98 Å². The zero-order valence-electron chi connectivity index (χ0n) is 11.8. The van der Waals surface area contributed by atoms with E-state index < -0.39 is 0 Å². The van der Waals surface area contributed by atoms with Crippen molar-refractivity contribution in [2.75, 3.05) is 7.11 Å². The molecule has 1 fully saturated rings. The summed E-state index contributed by atoms with van der Waals surface area (Å²) in [7, 11) is 1.69. The molecule has 1 aliphatic rings. The number of benzene rings is 1. The van der Waals surface area contributed by atoms with Gasteiger partial charge in [-0.05, 0) is 25.0 Å². The molecule has 4 heteroatoms. The maximum absolute atomic E-state index is 5.28. The molecule has 0 atom stereocenters. The Bertz CT molecular complexity index is 584. The van der Waals surface area contributed by atoms with Gasteiger partial charge in [0.1, 0.15) is 11.6 Å². The fourth-order valence-electron chi connectivity index (χ4n) is 2.42. The first-order chi connectivity index (χ1) is 9.19. The Kier molecular flexibility index (Phi) is 3.19. The molecule has 102 valence electrons. The van der Waals surface area contributed by atoms with Crippen LogP contribution in [-0.2, 0) is 6.54 Å². The lowest BCUT2D eigenvalue weighted by atomic mass is 10.3. The van der Waals surface area contributed by atoms with Gasteiger partial charge < -0.3 is 14.6 Å². The molecule has 0 radical (unpaired) electrons. The number of aromatic nitrogens is 2. The van der Waals surface area contributed by atoms with Crippen molar-refractivity contribution in [1.82, 2.24) is 14.9 Å². The van der Waals surface area contributed by atoms with Gasteiger partial charge in [-0.15, -0.1) is 0 Å². The Morgan fingerprint density at radius 2 is 2.21 bits per heavy atom. The Labute approximate surface area is 113 Å². The highest BCUT2D eigenvalue weighted by Gasteiger charge is 2.28. The first-order valence-electron chi connectivity index (χ1n) is 6.97. The molecule has 1 heterocycles. The molecule has 1 N–H and O–H groups in total. The van der Waals surface area contributed by atoms with E-state index in [-0.39, 0.29) is 0 Å². The highest BCUT2D eigenvalue weighted by molar-refractivity contribution is 5.78. The van der Waals surface area contributed by atoms with Crippen LogP contribution < -0.4 is 10.1 Å². The van der Waals surface area contributed by atoms with Crippen LogP contribution in [0.3, 0.4) is 0 Å². The number of hydrogen-bond acceptors (Lipinski definition) is 3. The quantitative estimate of drug-likeness (QED) is 0.897. The van der Waals surface area contributed by atoms with Gasteiger partial charge in [0.05, 0.1) is 24.7 Å². The Morgan fingerprint density at radius 1 is 1.42 bits per heavy atom. The van der Waals surface area contributed by atoms with Crippen molar-refractivity contribution >= 4 is 11.0 Å². The molecule has 19 heavy (non-hydrogen) atoms. The molecular weight excluding hydrogens is 238 g/mol. The van der Waals surface area contributed by atoms with Crippen molar-refractivity contribution in [3.05, 3.63) is 24.0 Å². The summed E-state index contributed by atoms with van der Waals surface area (Å²) in [5, 5.41) is 3.46. The van der Waals surface area contributed by atoms with Crippen LogP contribution in [0.25, 0.3) is 11.0 Å². The number of rotatable bonds is 5. The fraction of sp³-hybridized carbons (Fsp3) is 0.533. The first-order valence-corrected chi connectivity index (χ1v) is 6.97. The Morgan fingerprint density at radius 3 is 2.84 bits per heavy atom. The van der Waals surface area contributed by atoms with Gasteiger partial charge in [-0.3, -0.25) is 0 Å². The molecule has 1 saturated carbocycles. The van der Waals surface area contributed by atoms with Gasteiger partial charge in [0, 0.05) is 18.2 Å². The van der Waals surface area contributed by atoms with Crippen LogP contribution in [0.15, 0.2) is 18.2 Å². The molecule has 1 aromatic carbocycles. The summed E-state index contributed by atoms with van der Waals surface area (Å²) in [5.41, 5.74) is 2.26. The van der Waals surface area contributed by atoms with Gasteiger partial charge in [0.2, 0.25) is 0 Å². The number of ether oxygens (including phenoxy) is 1. The second-order valence-corrected chi connectivity index (χ2v) is 5.52. The van der Waals surface area contributed by atoms with Crippen LogP contribution in [0, 0.1) is 0 Å². The van der Waals surface area contributed by atoms with Gasteiger partial charge in [0.25, 0.3) is 0 Å². The molecule has 3 rings (SSSR count). The van der Waals surface area contributed by atoms with Gasteiger partial charge in [0.15, 0.2) is 0 Å². The molecule has 1 aromatic heterocycles. The smallest absolute Gasteiger partial charge is 0.124 e. The molecule has 2 aromatic rings. The summed E-state index contributed by atoms with van der Waals surface area (Å²) in [5.74, 6) is 2.01. The third-order valence-electron chi connectivity index (χ3n) is 3.55. The summed E-state index contributed by atoms with van der Waals surface area (Å²) < 4.78 is 7.67. The summed E-state index contributed by atoms with van der Waals surface area (Å²) in [6.45, 7) is 5.14. The average Bonchev–Trinajstić information content (AvgIpc) is 3.16. The lowest BCUT2D eigenvalue weighted by Gasteiger charge is -2.10. The third-order valence-corrected chi connectivity index (χ3v) is 3.55. The monoisotopic (exact) mass is 259 g/mol. The van der Waals surface area contributed by atoms with Gasteiger partial charge in [-0.2, -0.15) is 0 Å². The minimum atomic E-state index is 0.474. The molecule has 0 unspecified atom stereocenters. The van der Waals surface area contributed by atoms with E-state index in [2.05, 4.69) is 29.8 Å². The highest BCUT2D eigenvalue weighted by atomic mass is 16.5. The first kappa shape index (κ1) is 12.5. The van der Waals surface area contributed by atoms with E-state index in [9.17, 15) is 0 Å².